The van der Waals surface area contributed by atoms with Gasteiger partial charge in [-0.25, -0.2) is 14.6 Å². The third-order valence-corrected chi connectivity index (χ3v) is 5.07. The van der Waals surface area contributed by atoms with E-state index in [2.05, 4.69) is 20.4 Å². The van der Waals surface area contributed by atoms with Crippen LogP contribution in [-0.2, 0) is 6.54 Å². The van der Waals surface area contributed by atoms with E-state index in [4.69, 9.17) is 9.47 Å². The molecule has 4 rings (SSSR count). The molecule has 1 amide bonds. The maximum absolute atomic E-state index is 13.0. The Morgan fingerprint density at radius 3 is 2.53 bits per heavy atom. The lowest BCUT2D eigenvalue weighted by atomic mass is 10.1. The van der Waals surface area contributed by atoms with Gasteiger partial charge in [-0.2, -0.15) is 5.10 Å². The normalized spacial score (nSPS) is 10.8. The summed E-state index contributed by atoms with van der Waals surface area (Å²) in [5.74, 6) is 2.45. The molecule has 0 atom stereocenters. The van der Waals surface area contributed by atoms with E-state index in [1.165, 1.54) is 0 Å². The van der Waals surface area contributed by atoms with Crippen LogP contribution in [0.2, 0.25) is 0 Å². The highest BCUT2D eigenvalue weighted by atomic mass is 16.5. The van der Waals surface area contributed by atoms with Crippen molar-refractivity contribution < 1.29 is 14.3 Å². The Kier molecular flexibility index (Phi) is 7.17. The van der Waals surface area contributed by atoms with E-state index in [-0.39, 0.29) is 11.8 Å². The third kappa shape index (κ3) is 5.40. The molecule has 0 aliphatic heterocycles. The number of hydrogen-bond donors (Lipinski definition) is 1. The van der Waals surface area contributed by atoms with Crippen LogP contribution >= 0.6 is 0 Å². The summed E-state index contributed by atoms with van der Waals surface area (Å²) in [6.45, 7) is 6.93. The van der Waals surface area contributed by atoms with Crippen LogP contribution in [0.15, 0.2) is 73.2 Å². The van der Waals surface area contributed by atoms with E-state index < -0.39 is 0 Å². The first-order valence-electron chi connectivity index (χ1n) is 11.2. The molecule has 0 saturated heterocycles. The van der Waals surface area contributed by atoms with Gasteiger partial charge in [0.2, 0.25) is 5.88 Å². The molecule has 0 aliphatic carbocycles. The number of ether oxygens (including phenoxy) is 2. The highest BCUT2D eigenvalue weighted by Gasteiger charge is 2.21. The summed E-state index contributed by atoms with van der Waals surface area (Å²) in [7, 11) is 0. The zero-order valence-electron chi connectivity index (χ0n) is 19.4. The van der Waals surface area contributed by atoms with Crippen molar-refractivity contribution in [1.29, 1.82) is 0 Å². The van der Waals surface area contributed by atoms with Crippen molar-refractivity contribution in [3.8, 4) is 23.2 Å². The number of aromatic nitrogens is 4. The monoisotopic (exact) mass is 457 g/mol. The Bertz CT molecular complexity index is 1240. The molecule has 0 fully saturated rings. The molecule has 34 heavy (non-hydrogen) atoms. The molecule has 0 spiro atoms. The fourth-order valence-corrected chi connectivity index (χ4v) is 3.54. The Morgan fingerprint density at radius 1 is 1.03 bits per heavy atom. The Hall–Kier alpha value is -4.20. The summed E-state index contributed by atoms with van der Waals surface area (Å²) >= 11 is 0. The fourth-order valence-electron chi connectivity index (χ4n) is 3.54. The number of benzene rings is 1. The average Bonchev–Trinajstić information content (AvgIpc) is 3.31. The molecule has 174 valence electrons. The van der Waals surface area contributed by atoms with Gasteiger partial charge in [0.05, 0.1) is 24.1 Å². The van der Waals surface area contributed by atoms with Crippen LogP contribution in [0.25, 0.3) is 5.82 Å². The van der Waals surface area contributed by atoms with E-state index in [1.54, 1.807) is 29.3 Å². The first-order chi connectivity index (χ1) is 16.5. The zero-order valence-corrected chi connectivity index (χ0v) is 19.4. The fraction of sp³-hybridized carbons (Fsp3) is 0.231. The largest absolute Gasteiger partial charge is 0.494 e. The van der Waals surface area contributed by atoms with Crippen LogP contribution in [-0.4, -0.2) is 32.3 Å². The summed E-state index contributed by atoms with van der Waals surface area (Å²) in [4.78, 5) is 21.6. The van der Waals surface area contributed by atoms with Gasteiger partial charge >= 0.3 is 0 Å². The molecule has 8 nitrogen and oxygen atoms in total. The Labute approximate surface area is 198 Å². The molecule has 0 bridgehead atoms. The SMILES string of the molecule is CCOc1ccc(Oc2cc(CNC(=O)c3cnn(-c4ccccn4)c3C(C)C)ccn2)cc1. The summed E-state index contributed by atoms with van der Waals surface area (Å²) in [5, 5.41) is 7.39. The van der Waals surface area contributed by atoms with E-state index in [0.29, 0.717) is 36.2 Å². The van der Waals surface area contributed by atoms with Crippen molar-refractivity contribution in [3.63, 3.8) is 0 Å². The minimum atomic E-state index is -0.198. The molecule has 0 saturated carbocycles. The second kappa shape index (κ2) is 10.6. The lowest BCUT2D eigenvalue weighted by Crippen LogP contribution is -2.24. The Morgan fingerprint density at radius 2 is 1.82 bits per heavy atom. The molecule has 0 aliphatic rings. The van der Waals surface area contributed by atoms with Gasteiger partial charge in [0, 0.05) is 25.0 Å². The van der Waals surface area contributed by atoms with Gasteiger partial charge in [0.1, 0.15) is 11.5 Å². The van der Waals surface area contributed by atoms with Crippen LogP contribution in [0.4, 0.5) is 0 Å². The van der Waals surface area contributed by atoms with Gasteiger partial charge in [-0.15, -0.1) is 0 Å². The maximum Gasteiger partial charge on any atom is 0.255 e. The first-order valence-corrected chi connectivity index (χ1v) is 11.2. The van der Waals surface area contributed by atoms with Gasteiger partial charge in [0.25, 0.3) is 5.91 Å². The van der Waals surface area contributed by atoms with Gasteiger partial charge in [0.15, 0.2) is 5.82 Å². The van der Waals surface area contributed by atoms with Crippen LogP contribution in [0.3, 0.4) is 0 Å². The molecule has 1 aromatic carbocycles. The lowest BCUT2D eigenvalue weighted by Gasteiger charge is -2.12. The van der Waals surface area contributed by atoms with Gasteiger partial charge in [-0.3, -0.25) is 4.79 Å². The minimum Gasteiger partial charge on any atom is -0.494 e. The first kappa shape index (κ1) is 23.0. The van der Waals surface area contributed by atoms with Crippen LogP contribution in [0, 0.1) is 0 Å². The van der Waals surface area contributed by atoms with Gasteiger partial charge in [-0.1, -0.05) is 19.9 Å². The van der Waals surface area contributed by atoms with E-state index >= 15 is 0 Å². The number of nitrogens with zero attached hydrogens (tertiary/aromatic N) is 4. The molecule has 8 heteroatoms. The Balaban J connectivity index is 1.44. The van der Waals surface area contributed by atoms with Crippen molar-refractivity contribution in [2.24, 2.45) is 0 Å². The summed E-state index contributed by atoms with van der Waals surface area (Å²) < 4.78 is 13.0. The molecule has 0 radical (unpaired) electrons. The van der Waals surface area contributed by atoms with Crippen molar-refractivity contribution in [2.45, 2.75) is 33.2 Å². The predicted molar refractivity (Wildman–Crippen MR) is 129 cm³/mol. The van der Waals surface area contributed by atoms with Crippen molar-refractivity contribution in [3.05, 3.63) is 90.0 Å². The number of carbonyl (C=O) groups excluding carboxylic acids is 1. The second-order valence-corrected chi connectivity index (χ2v) is 7.89. The minimum absolute atomic E-state index is 0.0836. The highest BCUT2D eigenvalue weighted by Crippen LogP contribution is 2.24. The number of nitrogens with one attached hydrogen (secondary N) is 1. The number of pyridine rings is 2. The number of amides is 1. The average molecular weight is 458 g/mol. The smallest absolute Gasteiger partial charge is 0.255 e. The summed E-state index contributed by atoms with van der Waals surface area (Å²) in [5.41, 5.74) is 2.21. The molecule has 3 heterocycles. The number of carbonyl (C=O) groups is 1. The molecule has 3 aromatic heterocycles. The lowest BCUT2D eigenvalue weighted by molar-refractivity contribution is 0.0949. The van der Waals surface area contributed by atoms with Gasteiger partial charge < -0.3 is 14.8 Å². The molecule has 4 aromatic rings. The summed E-state index contributed by atoms with van der Waals surface area (Å²) in [6.07, 6.45) is 4.95. The van der Waals surface area contributed by atoms with E-state index in [1.807, 2.05) is 69.3 Å². The van der Waals surface area contributed by atoms with Crippen molar-refractivity contribution in [1.82, 2.24) is 25.1 Å². The maximum atomic E-state index is 13.0. The standard InChI is InChI=1S/C26H27N5O3/c1-4-33-20-8-10-21(11-9-20)34-24-15-19(12-14-28-24)16-29-26(32)22-17-30-31(25(22)18(2)3)23-7-5-6-13-27-23/h5-15,17-18H,4,16H2,1-3H3,(H,29,32). The second-order valence-electron chi connectivity index (χ2n) is 7.89. The molecular formula is C26H27N5O3. The van der Waals surface area contributed by atoms with Crippen molar-refractivity contribution in [2.75, 3.05) is 6.61 Å². The third-order valence-electron chi connectivity index (χ3n) is 5.07. The van der Waals surface area contributed by atoms with Gasteiger partial charge in [-0.05, 0) is 60.9 Å². The van der Waals surface area contributed by atoms with E-state index in [0.717, 1.165) is 17.0 Å². The summed E-state index contributed by atoms with van der Waals surface area (Å²) in [6, 6.07) is 16.6. The molecule has 0 unspecified atom stereocenters. The van der Waals surface area contributed by atoms with Crippen LogP contribution < -0.4 is 14.8 Å². The zero-order chi connectivity index (χ0) is 23.9. The van der Waals surface area contributed by atoms with Crippen LogP contribution in [0.5, 0.6) is 17.4 Å². The number of rotatable bonds is 9. The predicted octanol–water partition coefficient (Wildman–Crippen LogP) is 4.91. The number of hydrogen-bond acceptors (Lipinski definition) is 6. The van der Waals surface area contributed by atoms with Crippen LogP contribution in [0.1, 0.15) is 48.3 Å². The van der Waals surface area contributed by atoms with E-state index in [9.17, 15) is 4.79 Å². The highest BCUT2D eigenvalue weighted by molar-refractivity contribution is 5.95. The quantitative estimate of drug-likeness (QED) is 0.384. The molecular weight excluding hydrogens is 430 g/mol. The van der Waals surface area contributed by atoms with Crippen molar-refractivity contribution >= 4 is 5.91 Å². The molecule has 1 N–H and O–H groups in total. The topological polar surface area (TPSA) is 91.2 Å².